The van der Waals surface area contributed by atoms with Gasteiger partial charge in [0.05, 0.1) is 39.9 Å². The van der Waals surface area contributed by atoms with E-state index in [1.54, 1.807) is 0 Å². The molecule has 0 aliphatic heterocycles. The van der Waals surface area contributed by atoms with Crippen molar-refractivity contribution in [2.75, 3.05) is 40.9 Å². The Bertz CT molecular complexity index is 1130. The number of carbonyl (C=O) groups excluding carboxylic acids is 1. The summed E-state index contributed by atoms with van der Waals surface area (Å²) in [6, 6.07) is -0.753. The molecule has 0 bridgehead atoms. The lowest BCUT2D eigenvalue weighted by molar-refractivity contribution is -0.870. The van der Waals surface area contributed by atoms with Crippen LogP contribution in [0.5, 0.6) is 0 Å². The Balaban J connectivity index is 3.71. The lowest BCUT2D eigenvalue weighted by Gasteiger charge is -2.26. The van der Waals surface area contributed by atoms with Crippen LogP contribution >= 0.6 is 7.82 Å². The lowest BCUT2D eigenvalue weighted by Crippen LogP contribution is -2.46. The van der Waals surface area contributed by atoms with E-state index in [1.807, 2.05) is 21.1 Å². The van der Waals surface area contributed by atoms with Gasteiger partial charge in [0.2, 0.25) is 5.91 Å². The normalized spacial score (nSPS) is 13.9. The number of rotatable bonds is 57. The summed E-state index contributed by atoms with van der Waals surface area (Å²) in [6.45, 7) is 4.88. The molecule has 0 heterocycles. The summed E-state index contributed by atoms with van der Waals surface area (Å²) in [5, 5.41) is 13.9. The Hall–Kier alpha value is -0.760. The van der Waals surface area contributed by atoms with E-state index in [4.69, 9.17) is 9.05 Å². The third kappa shape index (κ3) is 54.8. The first-order valence-corrected chi connectivity index (χ1v) is 32.0. The minimum absolute atomic E-state index is 0.0776. The van der Waals surface area contributed by atoms with Gasteiger partial charge in [-0.1, -0.05) is 283 Å². The number of aliphatic hydroxyl groups excluding tert-OH is 1. The van der Waals surface area contributed by atoms with Gasteiger partial charge in [0.25, 0.3) is 0 Å². The predicted molar refractivity (Wildman–Crippen MR) is 300 cm³/mol. The van der Waals surface area contributed by atoms with Gasteiger partial charge in [0.15, 0.2) is 0 Å². The summed E-state index contributed by atoms with van der Waals surface area (Å²) in [6.07, 6.45) is 64.8. The highest BCUT2D eigenvalue weighted by Gasteiger charge is 2.28. The fraction of sp³-hybridized carbons (Fsp3) is 0.950. The maximum atomic E-state index is 12.9. The van der Waals surface area contributed by atoms with Crippen LogP contribution in [-0.4, -0.2) is 73.4 Å². The number of amides is 1. The molecule has 9 heteroatoms. The molecule has 0 rings (SSSR count). The molecule has 0 radical (unpaired) electrons. The van der Waals surface area contributed by atoms with Crippen LogP contribution < -0.4 is 5.32 Å². The average Bonchev–Trinajstić information content (AvgIpc) is 3.31. The van der Waals surface area contributed by atoms with Gasteiger partial charge in [0.1, 0.15) is 13.2 Å². The highest BCUT2D eigenvalue weighted by Crippen LogP contribution is 2.43. The van der Waals surface area contributed by atoms with Crippen molar-refractivity contribution in [2.24, 2.45) is 0 Å². The fourth-order valence-electron chi connectivity index (χ4n) is 9.46. The highest BCUT2D eigenvalue weighted by atomic mass is 31.2. The number of aliphatic hydroxyl groups is 1. The summed E-state index contributed by atoms with van der Waals surface area (Å²) in [5.74, 6) is -0.141. The first-order chi connectivity index (χ1) is 33.5. The van der Waals surface area contributed by atoms with Gasteiger partial charge in [-0.2, -0.15) is 0 Å². The quantitative estimate of drug-likeness (QED) is 0.0243. The minimum atomic E-state index is -4.31. The molecule has 0 saturated carbocycles. The topological polar surface area (TPSA) is 105 Å². The molecule has 8 nitrogen and oxygen atoms in total. The molecule has 3 unspecified atom stereocenters. The first-order valence-electron chi connectivity index (χ1n) is 30.6. The molecule has 0 aromatic carbocycles. The molecule has 0 saturated heterocycles. The number of carbonyl (C=O) groups is 1. The average molecular weight is 999 g/mol. The van der Waals surface area contributed by atoms with Crippen molar-refractivity contribution >= 4 is 13.7 Å². The molecule has 412 valence electrons. The van der Waals surface area contributed by atoms with E-state index in [0.29, 0.717) is 23.9 Å². The molecule has 0 aromatic heterocycles. The molecule has 1 amide bonds. The Morgan fingerprint density at radius 3 is 1.12 bits per heavy atom. The van der Waals surface area contributed by atoms with Crippen LogP contribution in [0.3, 0.4) is 0 Å². The van der Waals surface area contributed by atoms with Gasteiger partial charge in [-0.15, -0.1) is 0 Å². The summed E-state index contributed by atoms with van der Waals surface area (Å²) in [7, 11) is 1.63. The maximum absolute atomic E-state index is 12.9. The number of likely N-dealkylation sites (N-methyl/N-ethyl adjacent to an activating group) is 1. The standard InChI is InChI=1S/C60H121N2O6P/c1-6-8-10-12-14-16-17-18-19-20-21-22-23-24-25-26-27-28-29-30-31-32-33-34-35-36-37-38-39-40-41-42-43-44-45-46-48-50-52-54-60(64)61-58(57-68-69(65,66)67-56-55-62(3,4)5)59(63)53-51-49-47-15-13-11-9-7-2/h20-21,58-59,63H,6-19,22-57H2,1-5H3,(H-,61,64,65,66)/p+1/b21-20-. The van der Waals surface area contributed by atoms with E-state index in [0.717, 1.165) is 38.5 Å². The minimum Gasteiger partial charge on any atom is -0.391 e. The Morgan fingerprint density at radius 2 is 0.783 bits per heavy atom. The van der Waals surface area contributed by atoms with E-state index < -0.39 is 20.0 Å². The lowest BCUT2D eigenvalue weighted by atomic mass is 10.0. The molecule has 0 aliphatic rings. The zero-order valence-corrected chi connectivity index (χ0v) is 48.0. The molecule has 3 atom stereocenters. The number of hydrogen-bond donors (Lipinski definition) is 3. The number of quaternary nitrogens is 1. The van der Waals surface area contributed by atoms with E-state index in [2.05, 4.69) is 31.3 Å². The monoisotopic (exact) mass is 998 g/mol. The summed E-state index contributed by atoms with van der Waals surface area (Å²) in [5.41, 5.74) is 0. The van der Waals surface area contributed by atoms with Gasteiger partial charge in [0, 0.05) is 6.42 Å². The number of hydrogen-bond acceptors (Lipinski definition) is 5. The van der Waals surface area contributed by atoms with E-state index >= 15 is 0 Å². The molecular weight excluding hydrogens is 876 g/mol. The zero-order chi connectivity index (χ0) is 50.6. The van der Waals surface area contributed by atoms with Crippen LogP contribution in [0.15, 0.2) is 12.2 Å². The van der Waals surface area contributed by atoms with Crippen molar-refractivity contribution in [1.82, 2.24) is 5.32 Å². The molecular formula is C60H122N2O6P+. The summed E-state index contributed by atoms with van der Waals surface area (Å²) >= 11 is 0. The smallest absolute Gasteiger partial charge is 0.391 e. The Labute approximate surface area is 431 Å². The number of allylic oxidation sites excluding steroid dienone is 2. The Kier molecular flexibility index (Phi) is 51.5. The first kappa shape index (κ1) is 68.2. The van der Waals surface area contributed by atoms with E-state index in [-0.39, 0.29) is 19.1 Å². The van der Waals surface area contributed by atoms with Crippen LogP contribution in [0.2, 0.25) is 0 Å². The van der Waals surface area contributed by atoms with Crippen LogP contribution in [0, 0.1) is 0 Å². The van der Waals surface area contributed by atoms with Crippen molar-refractivity contribution < 1.29 is 32.9 Å². The Morgan fingerprint density at radius 1 is 0.478 bits per heavy atom. The van der Waals surface area contributed by atoms with Crippen molar-refractivity contribution in [3.05, 3.63) is 12.2 Å². The van der Waals surface area contributed by atoms with Crippen LogP contribution in [0.1, 0.15) is 316 Å². The van der Waals surface area contributed by atoms with Crippen molar-refractivity contribution in [3.8, 4) is 0 Å². The highest BCUT2D eigenvalue weighted by molar-refractivity contribution is 7.47. The molecule has 69 heavy (non-hydrogen) atoms. The summed E-state index contributed by atoms with van der Waals surface area (Å²) in [4.78, 5) is 23.2. The van der Waals surface area contributed by atoms with Crippen molar-refractivity contribution in [3.63, 3.8) is 0 Å². The summed E-state index contributed by atoms with van der Waals surface area (Å²) < 4.78 is 23.6. The third-order valence-electron chi connectivity index (χ3n) is 14.3. The molecule has 0 aliphatic carbocycles. The van der Waals surface area contributed by atoms with Crippen LogP contribution in [0.25, 0.3) is 0 Å². The number of phosphoric ester groups is 1. The maximum Gasteiger partial charge on any atom is 0.472 e. The number of nitrogens with zero attached hydrogens (tertiary/aromatic N) is 1. The second kappa shape index (κ2) is 52.1. The molecule has 3 N–H and O–H groups in total. The van der Waals surface area contributed by atoms with E-state index in [1.165, 1.54) is 250 Å². The van der Waals surface area contributed by atoms with Gasteiger partial charge in [-0.3, -0.25) is 13.8 Å². The van der Waals surface area contributed by atoms with Gasteiger partial charge < -0.3 is 19.8 Å². The van der Waals surface area contributed by atoms with Gasteiger partial charge in [-0.25, -0.2) is 4.57 Å². The number of unbranched alkanes of at least 4 members (excludes halogenated alkanes) is 42. The fourth-order valence-corrected chi connectivity index (χ4v) is 10.2. The predicted octanol–water partition coefficient (Wildman–Crippen LogP) is 18.6. The molecule has 0 spiro atoms. The second-order valence-corrected chi connectivity index (χ2v) is 23.9. The SMILES string of the molecule is CCCCCCCCCC/C=C\CCCCCCCCCCCCCCCCCCCCCCCCCCCCCC(=O)NC(COP(=O)(O)OCC[N+](C)(C)C)C(O)CCCCCCCCCC. The largest absolute Gasteiger partial charge is 0.472 e. The second-order valence-electron chi connectivity index (χ2n) is 22.4. The molecule has 0 aromatic rings. The third-order valence-corrected chi connectivity index (χ3v) is 15.2. The van der Waals surface area contributed by atoms with E-state index in [9.17, 15) is 19.4 Å². The number of phosphoric acid groups is 1. The van der Waals surface area contributed by atoms with Crippen molar-refractivity contribution in [2.45, 2.75) is 328 Å². The van der Waals surface area contributed by atoms with Crippen molar-refractivity contribution in [1.29, 1.82) is 0 Å². The molecule has 0 fully saturated rings. The van der Waals surface area contributed by atoms with Crippen LogP contribution in [0.4, 0.5) is 0 Å². The zero-order valence-electron chi connectivity index (χ0n) is 47.1. The number of nitrogens with one attached hydrogen (secondary N) is 1. The van der Waals surface area contributed by atoms with Gasteiger partial charge >= 0.3 is 7.82 Å². The van der Waals surface area contributed by atoms with Crippen LogP contribution in [-0.2, 0) is 18.4 Å². The van der Waals surface area contributed by atoms with Gasteiger partial charge in [-0.05, 0) is 38.5 Å².